The van der Waals surface area contributed by atoms with Gasteiger partial charge in [-0.25, -0.2) is 4.39 Å². The Morgan fingerprint density at radius 2 is 1.71 bits per heavy atom. The zero-order valence-electron chi connectivity index (χ0n) is 10.4. The summed E-state index contributed by atoms with van der Waals surface area (Å²) in [5, 5.41) is 22.7. The van der Waals surface area contributed by atoms with E-state index in [1.165, 1.54) is 36.4 Å². The molecule has 3 aromatic rings. The van der Waals surface area contributed by atoms with Gasteiger partial charge in [0.05, 0.1) is 4.47 Å². The zero-order chi connectivity index (χ0) is 15.0. The van der Waals surface area contributed by atoms with Gasteiger partial charge in [-0.05, 0) is 46.3 Å². The molecule has 0 radical (unpaired) electrons. The van der Waals surface area contributed by atoms with Crippen LogP contribution >= 0.6 is 15.9 Å². The summed E-state index contributed by atoms with van der Waals surface area (Å²) >= 11 is 3.09. The van der Waals surface area contributed by atoms with E-state index >= 15 is 0 Å². The molecule has 0 spiro atoms. The highest BCUT2D eigenvalue weighted by molar-refractivity contribution is 9.10. The van der Waals surface area contributed by atoms with Crippen LogP contribution in [0.1, 0.15) is 0 Å². The van der Waals surface area contributed by atoms with Crippen molar-refractivity contribution >= 4 is 15.9 Å². The van der Waals surface area contributed by atoms with Crippen molar-refractivity contribution in [2.24, 2.45) is 0 Å². The molecular weight excluding hydrogens is 343 g/mol. The van der Waals surface area contributed by atoms with Gasteiger partial charge in [-0.1, -0.05) is 5.16 Å². The summed E-state index contributed by atoms with van der Waals surface area (Å²) in [7, 11) is 0. The standard InChI is InChI=1S/C14H8BrFN2O3/c15-11-5-7(1-2-12(11)16)13-17-14(21-18-13)8-3-9(19)6-10(20)4-8/h1-6,19-20H. The van der Waals surface area contributed by atoms with E-state index in [-0.39, 0.29) is 29.0 Å². The van der Waals surface area contributed by atoms with E-state index in [0.29, 0.717) is 15.6 Å². The third-order valence-corrected chi connectivity index (χ3v) is 3.36. The van der Waals surface area contributed by atoms with E-state index in [9.17, 15) is 14.6 Å². The Kier molecular flexibility index (Phi) is 3.34. The molecule has 3 rings (SSSR count). The second-order valence-corrected chi connectivity index (χ2v) is 5.14. The molecule has 106 valence electrons. The fourth-order valence-corrected chi connectivity index (χ4v) is 2.19. The quantitative estimate of drug-likeness (QED) is 0.736. The van der Waals surface area contributed by atoms with Crippen LogP contribution in [0.4, 0.5) is 4.39 Å². The molecule has 0 atom stereocenters. The normalized spacial score (nSPS) is 10.8. The van der Waals surface area contributed by atoms with Crippen LogP contribution in [0.15, 0.2) is 45.4 Å². The lowest BCUT2D eigenvalue weighted by molar-refractivity contribution is 0.428. The lowest BCUT2D eigenvalue weighted by atomic mass is 10.2. The van der Waals surface area contributed by atoms with Crippen molar-refractivity contribution in [1.29, 1.82) is 0 Å². The molecule has 0 bridgehead atoms. The number of hydrogen-bond donors (Lipinski definition) is 2. The summed E-state index contributed by atoms with van der Waals surface area (Å²) in [6, 6.07) is 8.31. The molecule has 5 nitrogen and oxygen atoms in total. The summed E-state index contributed by atoms with van der Waals surface area (Å²) in [4.78, 5) is 4.16. The van der Waals surface area contributed by atoms with Crippen LogP contribution in [0.2, 0.25) is 0 Å². The van der Waals surface area contributed by atoms with Gasteiger partial charge in [0, 0.05) is 17.2 Å². The van der Waals surface area contributed by atoms with Gasteiger partial charge in [0.1, 0.15) is 17.3 Å². The van der Waals surface area contributed by atoms with E-state index in [2.05, 4.69) is 26.1 Å². The van der Waals surface area contributed by atoms with Gasteiger partial charge >= 0.3 is 0 Å². The van der Waals surface area contributed by atoms with Crippen LogP contribution < -0.4 is 0 Å². The smallest absolute Gasteiger partial charge is 0.258 e. The van der Waals surface area contributed by atoms with Crippen molar-refractivity contribution in [3.8, 4) is 34.3 Å². The molecule has 1 heterocycles. The Morgan fingerprint density at radius 3 is 2.38 bits per heavy atom. The van der Waals surface area contributed by atoms with Gasteiger partial charge in [-0.2, -0.15) is 4.98 Å². The molecule has 0 unspecified atom stereocenters. The first kappa shape index (κ1) is 13.6. The Labute approximate surface area is 126 Å². The monoisotopic (exact) mass is 350 g/mol. The van der Waals surface area contributed by atoms with E-state index in [0.717, 1.165) is 0 Å². The summed E-state index contributed by atoms with van der Waals surface area (Å²) in [6.07, 6.45) is 0. The number of aromatic hydroxyl groups is 2. The Balaban J connectivity index is 2.01. The Hall–Kier alpha value is -2.41. The average molecular weight is 351 g/mol. The van der Waals surface area contributed by atoms with Crippen LogP contribution in [0.3, 0.4) is 0 Å². The molecule has 2 aromatic carbocycles. The van der Waals surface area contributed by atoms with Gasteiger partial charge in [0.2, 0.25) is 5.82 Å². The maximum absolute atomic E-state index is 13.2. The SMILES string of the molecule is Oc1cc(O)cc(-c2nc(-c3ccc(F)c(Br)c3)no2)c1. The van der Waals surface area contributed by atoms with Gasteiger partial charge in [-0.15, -0.1) is 0 Å². The second-order valence-electron chi connectivity index (χ2n) is 4.29. The van der Waals surface area contributed by atoms with E-state index in [1.807, 2.05) is 0 Å². The average Bonchev–Trinajstić information content (AvgIpc) is 2.90. The highest BCUT2D eigenvalue weighted by Gasteiger charge is 2.13. The maximum atomic E-state index is 13.2. The van der Waals surface area contributed by atoms with Gasteiger partial charge in [-0.3, -0.25) is 0 Å². The largest absolute Gasteiger partial charge is 0.508 e. The lowest BCUT2D eigenvalue weighted by Gasteiger charge is -1.98. The van der Waals surface area contributed by atoms with Crippen molar-refractivity contribution in [3.63, 3.8) is 0 Å². The molecule has 2 N–H and O–H groups in total. The molecule has 0 aliphatic heterocycles. The minimum absolute atomic E-state index is 0.116. The molecule has 0 amide bonds. The highest BCUT2D eigenvalue weighted by Crippen LogP contribution is 2.29. The molecule has 1 aromatic heterocycles. The molecule has 0 saturated heterocycles. The molecule has 21 heavy (non-hydrogen) atoms. The number of rotatable bonds is 2. The number of phenolic OH excluding ortho intramolecular Hbond substituents is 2. The van der Waals surface area contributed by atoms with E-state index in [4.69, 9.17) is 4.52 Å². The predicted octanol–water partition coefficient (Wildman–Crippen LogP) is 3.72. The van der Waals surface area contributed by atoms with Crippen molar-refractivity contribution in [2.75, 3.05) is 0 Å². The first-order valence-corrected chi connectivity index (χ1v) is 6.65. The predicted molar refractivity (Wildman–Crippen MR) is 76.2 cm³/mol. The van der Waals surface area contributed by atoms with Crippen LogP contribution in [-0.4, -0.2) is 20.4 Å². The molecule has 0 aliphatic rings. The summed E-state index contributed by atoms with van der Waals surface area (Å²) in [6.45, 7) is 0. The van der Waals surface area contributed by atoms with Crippen LogP contribution in [-0.2, 0) is 0 Å². The lowest BCUT2D eigenvalue weighted by Crippen LogP contribution is -1.84. The number of aromatic nitrogens is 2. The zero-order valence-corrected chi connectivity index (χ0v) is 12.0. The minimum Gasteiger partial charge on any atom is -0.508 e. The molecule has 0 saturated carbocycles. The van der Waals surface area contributed by atoms with Crippen LogP contribution in [0, 0.1) is 5.82 Å². The first-order chi connectivity index (χ1) is 10.0. The Bertz CT molecular complexity index is 799. The fraction of sp³-hybridized carbons (Fsp3) is 0. The second kappa shape index (κ2) is 5.17. The first-order valence-electron chi connectivity index (χ1n) is 5.85. The van der Waals surface area contributed by atoms with Gasteiger partial charge < -0.3 is 14.7 Å². The van der Waals surface area contributed by atoms with E-state index < -0.39 is 0 Å². The van der Waals surface area contributed by atoms with Crippen molar-refractivity contribution < 1.29 is 19.1 Å². The maximum Gasteiger partial charge on any atom is 0.258 e. The minimum atomic E-state index is -0.389. The van der Waals surface area contributed by atoms with Crippen molar-refractivity contribution in [1.82, 2.24) is 10.1 Å². The third-order valence-electron chi connectivity index (χ3n) is 2.75. The Morgan fingerprint density at radius 1 is 1.00 bits per heavy atom. The summed E-state index contributed by atoms with van der Waals surface area (Å²) in [5.74, 6) is -0.214. The molecular formula is C14H8BrFN2O3. The molecule has 0 aliphatic carbocycles. The number of nitrogens with zero attached hydrogens (tertiary/aromatic N) is 2. The third kappa shape index (κ3) is 2.73. The van der Waals surface area contributed by atoms with Crippen LogP contribution in [0.5, 0.6) is 11.5 Å². The molecule has 7 heteroatoms. The van der Waals surface area contributed by atoms with Gasteiger partial charge in [0.25, 0.3) is 5.89 Å². The summed E-state index contributed by atoms with van der Waals surface area (Å²) in [5.41, 5.74) is 0.954. The van der Waals surface area contributed by atoms with Crippen molar-refractivity contribution in [2.45, 2.75) is 0 Å². The van der Waals surface area contributed by atoms with Crippen molar-refractivity contribution in [3.05, 3.63) is 46.7 Å². The summed E-state index contributed by atoms with van der Waals surface area (Å²) < 4.78 is 18.6. The number of halogens is 2. The number of benzene rings is 2. The molecule has 0 fully saturated rings. The van der Waals surface area contributed by atoms with Crippen LogP contribution in [0.25, 0.3) is 22.8 Å². The number of phenols is 2. The van der Waals surface area contributed by atoms with E-state index in [1.54, 1.807) is 0 Å². The fourth-order valence-electron chi connectivity index (χ4n) is 1.81. The highest BCUT2D eigenvalue weighted by atomic mass is 79.9. The topological polar surface area (TPSA) is 79.4 Å². The van der Waals surface area contributed by atoms with Gasteiger partial charge in [0.15, 0.2) is 0 Å². The number of hydrogen-bond acceptors (Lipinski definition) is 5.